The minimum absolute atomic E-state index is 0.0619. The summed E-state index contributed by atoms with van der Waals surface area (Å²) in [6.45, 7) is -0.320. The van der Waals surface area contributed by atoms with Crippen molar-refractivity contribution in [3.63, 3.8) is 0 Å². The van der Waals surface area contributed by atoms with Crippen molar-refractivity contribution in [2.24, 2.45) is 4.99 Å². The molecule has 0 spiro atoms. The van der Waals surface area contributed by atoms with Crippen LogP contribution in [0.3, 0.4) is 0 Å². The second-order valence-electron chi connectivity index (χ2n) is 2.75. The first kappa shape index (κ1) is 11.3. The third-order valence-electron chi connectivity index (χ3n) is 1.72. The standard InChI is InChI=1S/C9H6F3NO2/c10-9(11,12)7-1-2-8(15)6(3-7)4-13-5-14/h1-3,15H,4H2. The number of aromatic hydroxyl groups is 1. The highest BCUT2D eigenvalue weighted by molar-refractivity contribution is 5.39. The molecule has 0 heterocycles. The summed E-state index contributed by atoms with van der Waals surface area (Å²) in [5.41, 5.74) is -0.954. The van der Waals surface area contributed by atoms with Crippen LogP contribution in [0.2, 0.25) is 0 Å². The van der Waals surface area contributed by atoms with E-state index in [0.29, 0.717) is 0 Å². The van der Waals surface area contributed by atoms with Crippen LogP contribution >= 0.6 is 0 Å². The molecule has 3 nitrogen and oxygen atoms in total. The van der Waals surface area contributed by atoms with Gasteiger partial charge in [-0.25, -0.2) is 9.79 Å². The maximum absolute atomic E-state index is 12.2. The Morgan fingerprint density at radius 1 is 1.40 bits per heavy atom. The molecule has 0 aromatic heterocycles. The van der Waals surface area contributed by atoms with Gasteiger partial charge >= 0.3 is 6.18 Å². The molecule has 0 aliphatic rings. The highest BCUT2D eigenvalue weighted by Gasteiger charge is 2.30. The molecule has 0 atom stereocenters. The van der Waals surface area contributed by atoms with Crippen LogP contribution in [0.25, 0.3) is 0 Å². The SMILES string of the molecule is O=C=NCc1cc(C(F)(F)F)ccc1O. The van der Waals surface area contributed by atoms with Crippen LogP contribution < -0.4 is 0 Å². The number of hydrogen-bond acceptors (Lipinski definition) is 3. The molecule has 0 radical (unpaired) electrons. The average Bonchev–Trinajstić information content (AvgIpc) is 2.15. The van der Waals surface area contributed by atoms with E-state index >= 15 is 0 Å². The molecule has 1 aromatic rings. The molecule has 0 aliphatic carbocycles. The third-order valence-corrected chi connectivity index (χ3v) is 1.72. The summed E-state index contributed by atoms with van der Waals surface area (Å²) >= 11 is 0. The summed E-state index contributed by atoms with van der Waals surface area (Å²) in [6, 6.07) is 2.41. The number of hydrogen-bond donors (Lipinski definition) is 1. The van der Waals surface area contributed by atoms with Gasteiger partial charge in [-0.1, -0.05) is 0 Å². The zero-order chi connectivity index (χ0) is 11.5. The predicted octanol–water partition coefficient (Wildman–Crippen LogP) is 2.25. The molecule has 0 saturated carbocycles. The molecule has 0 unspecified atom stereocenters. The van der Waals surface area contributed by atoms with E-state index in [-0.39, 0.29) is 17.9 Å². The van der Waals surface area contributed by atoms with Crippen LogP contribution in [-0.4, -0.2) is 11.2 Å². The van der Waals surface area contributed by atoms with Crippen molar-refractivity contribution in [1.82, 2.24) is 0 Å². The molecule has 1 N–H and O–H groups in total. The van der Waals surface area contributed by atoms with E-state index < -0.39 is 11.7 Å². The maximum Gasteiger partial charge on any atom is 0.416 e. The van der Waals surface area contributed by atoms with Crippen molar-refractivity contribution in [1.29, 1.82) is 0 Å². The van der Waals surface area contributed by atoms with Crippen LogP contribution in [0.15, 0.2) is 23.2 Å². The van der Waals surface area contributed by atoms with Gasteiger partial charge in [-0.3, -0.25) is 0 Å². The quantitative estimate of drug-likeness (QED) is 0.610. The normalized spacial score (nSPS) is 10.9. The number of alkyl halides is 3. The van der Waals surface area contributed by atoms with Crippen LogP contribution in [0.5, 0.6) is 5.75 Å². The fourth-order valence-electron chi connectivity index (χ4n) is 1.01. The largest absolute Gasteiger partial charge is 0.508 e. The van der Waals surface area contributed by atoms with E-state index in [2.05, 4.69) is 4.99 Å². The van der Waals surface area contributed by atoms with Crippen LogP contribution in [0.1, 0.15) is 11.1 Å². The number of phenols is 1. The summed E-state index contributed by atoms with van der Waals surface area (Å²) in [5.74, 6) is -0.331. The number of phenolic OH excluding ortho intramolecular Hbond substituents is 1. The fourth-order valence-corrected chi connectivity index (χ4v) is 1.01. The first-order valence-electron chi connectivity index (χ1n) is 3.88. The van der Waals surface area contributed by atoms with Gasteiger partial charge in [-0.15, -0.1) is 0 Å². The summed E-state index contributed by atoms with van der Waals surface area (Å²) in [6.07, 6.45) is -3.29. The van der Waals surface area contributed by atoms with Gasteiger partial charge in [0.1, 0.15) is 5.75 Å². The van der Waals surface area contributed by atoms with Gasteiger partial charge in [-0.05, 0) is 18.2 Å². The summed E-state index contributed by atoms with van der Waals surface area (Å²) in [5, 5.41) is 9.17. The maximum atomic E-state index is 12.2. The van der Waals surface area contributed by atoms with Gasteiger partial charge in [0.05, 0.1) is 12.1 Å². The zero-order valence-corrected chi connectivity index (χ0v) is 7.38. The number of benzene rings is 1. The molecule has 0 amide bonds. The first-order valence-corrected chi connectivity index (χ1v) is 3.88. The molecule has 15 heavy (non-hydrogen) atoms. The fraction of sp³-hybridized carbons (Fsp3) is 0.222. The number of carbonyl (C=O) groups excluding carboxylic acids is 1. The Balaban J connectivity index is 3.10. The van der Waals surface area contributed by atoms with Gasteiger partial charge in [0, 0.05) is 5.56 Å². The Hall–Kier alpha value is -1.81. The minimum atomic E-state index is -4.48. The molecule has 1 rings (SSSR count). The lowest BCUT2D eigenvalue weighted by atomic mass is 10.1. The van der Waals surface area contributed by atoms with Crippen molar-refractivity contribution < 1.29 is 23.1 Å². The molecule has 0 aliphatic heterocycles. The van der Waals surface area contributed by atoms with E-state index in [4.69, 9.17) is 0 Å². The van der Waals surface area contributed by atoms with E-state index in [0.717, 1.165) is 18.2 Å². The van der Waals surface area contributed by atoms with Crippen LogP contribution in [0.4, 0.5) is 13.2 Å². The van der Waals surface area contributed by atoms with Gasteiger partial charge in [0.25, 0.3) is 0 Å². The van der Waals surface area contributed by atoms with E-state index in [9.17, 15) is 23.1 Å². The molecule has 0 bridgehead atoms. The second-order valence-corrected chi connectivity index (χ2v) is 2.75. The van der Waals surface area contributed by atoms with Gasteiger partial charge in [-0.2, -0.15) is 13.2 Å². The number of halogens is 3. The van der Waals surface area contributed by atoms with Crippen LogP contribution in [0, 0.1) is 0 Å². The van der Waals surface area contributed by atoms with Crippen molar-refractivity contribution in [3.8, 4) is 5.75 Å². The van der Waals surface area contributed by atoms with E-state index in [1.54, 1.807) is 0 Å². The van der Waals surface area contributed by atoms with Crippen molar-refractivity contribution in [2.45, 2.75) is 12.7 Å². The second kappa shape index (κ2) is 4.14. The Bertz CT molecular complexity index is 408. The Labute approximate surface area is 82.9 Å². The number of nitrogens with zero attached hydrogens (tertiary/aromatic N) is 1. The van der Waals surface area contributed by atoms with Gasteiger partial charge in [0.15, 0.2) is 0 Å². The number of isocyanates is 1. The molecule has 1 aromatic carbocycles. The topological polar surface area (TPSA) is 49.7 Å². The lowest BCUT2D eigenvalue weighted by molar-refractivity contribution is -0.137. The molecule has 0 fully saturated rings. The van der Waals surface area contributed by atoms with Crippen LogP contribution in [-0.2, 0) is 17.5 Å². The highest BCUT2D eigenvalue weighted by atomic mass is 19.4. The number of aliphatic imine (C=N–C) groups is 1. The third kappa shape index (κ3) is 2.82. The van der Waals surface area contributed by atoms with Crippen molar-refractivity contribution in [2.75, 3.05) is 0 Å². The predicted molar refractivity (Wildman–Crippen MR) is 44.9 cm³/mol. The van der Waals surface area contributed by atoms with Gasteiger partial charge < -0.3 is 5.11 Å². The summed E-state index contributed by atoms with van der Waals surface area (Å²) in [7, 11) is 0. The number of rotatable bonds is 2. The first-order chi connectivity index (χ1) is 6.95. The zero-order valence-electron chi connectivity index (χ0n) is 7.38. The monoisotopic (exact) mass is 217 g/mol. The molecule has 80 valence electrons. The molecular weight excluding hydrogens is 211 g/mol. The molecular formula is C9H6F3NO2. The average molecular weight is 217 g/mol. The van der Waals surface area contributed by atoms with Crippen molar-refractivity contribution in [3.05, 3.63) is 29.3 Å². The Kier molecular flexibility index (Phi) is 3.11. The smallest absolute Gasteiger partial charge is 0.416 e. The van der Waals surface area contributed by atoms with Gasteiger partial charge in [0.2, 0.25) is 6.08 Å². The molecule has 0 saturated heterocycles. The molecule has 6 heteroatoms. The lowest BCUT2D eigenvalue weighted by Gasteiger charge is -2.08. The summed E-state index contributed by atoms with van der Waals surface area (Å²) < 4.78 is 36.7. The lowest BCUT2D eigenvalue weighted by Crippen LogP contribution is -2.05. The highest BCUT2D eigenvalue weighted by Crippen LogP contribution is 2.32. The Morgan fingerprint density at radius 3 is 2.60 bits per heavy atom. The Morgan fingerprint density at radius 2 is 2.07 bits per heavy atom. The van der Waals surface area contributed by atoms with Crippen molar-refractivity contribution >= 4 is 6.08 Å². The minimum Gasteiger partial charge on any atom is -0.508 e. The van der Waals surface area contributed by atoms with E-state index in [1.807, 2.05) is 0 Å². The van der Waals surface area contributed by atoms with E-state index in [1.165, 1.54) is 6.08 Å². The summed E-state index contributed by atoms with van der Waals surface area (Å²) in [4.78, 5) is 12.9.